The van der Waals surface area contributed by atoms with Crippen molar-refractivity contribution in [2.24, 2.45) is 0 Å². The third-order valence-electron chi connectivity index (χ3n) is 2.42. The molecule has 0 aromatic carbocycles. The van der Waals surface area contributed by atoms with E-state index in [0.29, 0.717) is 17.8 Å². The van der Waals surface area contributed by atoms with Crippen molar-refractivity contribution in [1.82, 2.24) is 8.96 Å². The number of H-pyrrole nitrogens is 1. The highest BCUT2D eigenvalue weighted by atomic mass is 32.2. The fourth-order valence-corrected chi connectivity index (χ4v) is 2.53. The summed E-state index contributed by atoms with van der Waals surface area (Å²) in [5, 5.41) is 0. The lowest BCUT2D eigenvalue weighted by atomic mass is 10.2. The molecule has 0 unspecified atom stereocenters. The van der Waals surface area contributed by atoms with Gasteiger partial charge in [-0.3, -0.25) is 4.79 Å². The van der Waals surface area contributed by atoms with Crippen LogP contribution in [0.3, 0.4) is 0 Å². The summed E-state index contributed by atoms with van der Waals surface area (Å²) < 4.78 is 24.2. The third-order valence-corrected chi connectivity index (χ3v) is 3.49. The van der Waals surface area contributed by atoms with E-state index >= 15 is 0 Å². The predicted molar refractivity (Wildman–Crippen MR) is 63.7 cm³/mol. The van der Waals surface area contributed by atoms with E-state index in [0.717, 1.165) is 18.2 Å². The van der Waals surface area contributed by atoms with Gasteiger partial charge in [0.2, 0.25) is 10.0 Å². The molecule has 2 rings (SSSR count). The van der Waals surface area contributed by atoms with E-state index in [-0.39, 0.29) is 0 Å². The molecule has 90 valence electrons. The molecule has 0 saturated heterocycles. The van der Waals surface area contributed by atoms with Crippen LogP contribution in [0.5, 0.6) is 0 Å². The molecule has 0 bridgehead atoms. The second-order valence-electron chi connectivity index (χ2n) is 3.79. The van der Waals surface area contributed by atoms with E-state index < -0.39 is 10.0 Å². The van der Waals surface area contributed by atoms with Crippen molar-refractivity contribution in [2.75, 3.05) is 6.26 Å². The summed E-state index contributed by atoms with van der Waals surface area (Å²) in [6.45, 7) is 0. The number of nitrogens with one attached hydrogen (secondary N) is 1. The van der Waals surface area contributed by atoms with Gasteiger partial charge in [0, 0.05) is 24.0 Å². The molecule has 2 aromatic rings. The molecule has 0 atom stereocenters. The van der Waals surface area contributed by atoms with Gasteiger partial charge in [-0.25, -0.2) is 12.4 Å². The maximum atomic E-state index is 11.5. The Labute approximate surface area is 99.1 Å². The van der Waals surface area contributed by atoms with Crippen LogP contribution in [-0.4, -0.2) is 29.9 Å². The molecule has 1 N–H and O–H groups in total. The van der Waals surface area contributed by atoms with Gasteiger partial charge in [-0.2, -0.15) is 0 Å². The molecule has 0 spiro atoms. The van der Waals surface area contributed by atoms with E-state index in [1.165, 1.54) is 10.2 Å². The van der Waals surface area contributed by atoms with Gasteiger partial charge in [-0.15, -0.1) is 0 Å². The number of carbonyl (C=O) groups excluding carboxylic acids is 1. The summed E-state index contributed by atoms with van der Waals surface area (Å²) in [5.41, 5.74) is 1.94. The smallest absolute Gasteiger partial charge is 0.235 e. The van der Waals surface area contributed by atoms with E-state index in [1.807, 2.05) is 0 Å². The van der Waals surface area contributed by atoms with E-state index in [2.05, 4.69) is 4.98 Å². The Morgan fingerprint density at radius 2 is 2.12 bits per heavy atom. The summed E-state index contributed by atoms with van der Waals surface area (Å²) in [6, 6.07) is 6.85. The standard InChI is InChI=1S/C11H12N2O3S/c1-17(15,16)13-6-2-3-11(13)7-9-4-5-10(8-14)12-9/h2-6,8,12H,7H2,1H3. The topological polar surface area (TPSA) is 71.9 Å². The van der Waals surface area contributed by atoms with Crippen LogP contribution in [0.2, 0.25) is 0 Å². The average Bonchev–Trinajstić information content (AvgIpc) is 2.85. The molecule has 2 heterocycles. The summed E-state index contributed by atoms with van der Waals surface area (Å²) in [5.74, 6) is 0. The highest BCUT2D eigenvalue weighted by Crippen LogP contribution is 2.11. The molecule has 0 aliphatic rings. The molecule has 0 aliphatic carbocycles. The van der Waals surface area contributed by atoms with Gasteiger partial charge < -0.3 is 4.98 Å². The van der Waals surface area contributed by atoms with Gasteiger partial charge in [0.1, 0.15) is 0 Å². The highest BCUT2D eigenvalue weighted by molar-refractivity contribution is 7.89. The van der Waals surface area contributed by atoms with Gasteiger partial charge in [-0.05, 0) is 24.3 Å². The Kier molecular flexibility index (Phi) is 2.89. The molecule has 6 heteroatoms. The minimum absolute atomic E-state index is 0.438. The summed E-state index contributed by atoms with van der Waals surface area (Å²) in [6.07, 6.45) is 3.82. The minimum atomic E-state index is -3.28. The van der Waals surface area contributed by atoms with Gasteiger partial charge >= 0.3 is 0 Å². The summed E-state index contributed by atoms with van der Waals surface area (Å²) in [4.78, 5) is 13.4. The molecular formula is C11H12N2O3S. The van der Waals surface area contributed by atoms with Gasteiger partial charge in [0.05, 0.1) is 11.9 Å². The first-order valence-electron chi connectivity index (χ1n) is 5.00. The van der Waals surface area contributed by atoms with Crippen LogP contribution in [0.15, 0.2) is 30.5 Å². The Balaban J connectivity index is 2.31. The molecule has 0 amide bonds. The Morgan fingerprint density at radius 3 is 2.71 bits per heavy atom. The molecule has 0 fully saturated rings. The number of hydrogen-bond donors (Lipinski definition) is 1. The molecule has 0 radical (unpaired) electrons. The molecule has 0 saturated carbocycles. The zero-order valence-corrected chi connectivity index (χ0v) is 10.1. The first-order valence-corrected chi connectivity index (χ1v) is 6.85. The summed E-state index contributed by atoms with van der Waals surface area (Å²) in [7, 11) is -3.28. The van der Waals surface area contributed by atoms with Gasteiger partial charge in [0.15, 0.2) is 6.29 Å². The Morgan fingerprint density at radius 1 is 1.35 bits per heavy atom. The lowest BCUT2D eigenvalue weighted by Crippen LogP contribution is -2.12. The van der Waals surface area contributed by atoms with Crippen LogP contribution in [0, 0.1) is 0 Å². The maximum Gasteiger partial charge on any atom is 0.235 e. The van der Waals surface area contributed by atoms with Crippen LogP contribution in [0.25, 0.3) is 0 Å². The number of carbonyl (C=O) groups is 1. The second kappa shape index (κ2) is 4.21. The zero-order chi connectivity index (χ0) is 12.5. The number of nitrogens with zero attached hydrogens (tertiary/aromatic N) is 1. The average molecular weight is 252 g/mol. The van der Waals surface area contributed by atoms with Crippen molar-refractivity contribution in [1.29, 1.82) is 0 Å². The normalized spacial score (nSPS) is 11.6. The van der Waals surface area contributed by atoms with Crippen molar-refractivity contribution in [2.45, 2.75) is 6.42 Å². The Bertz CT molecular complexity index is 637. The van der Waals surface area contributed by atoms with E-state index in [1.54, 1.807) is 24.3 Å². The number of aromatic nitrogens is 2. The van der Waals surface area contributed by atoms with Crippen molar-refractivity contribution in [3.8, 4) is 0 Å². The molecule has 5 nitrogen and oxygen atoms in total. The fourth-order valence-electron chi connectivity index (χ4n) is 1.69. The zero-order valence-electron chi connectivity index (χ0n) is 9.25. The third kappa shape index (κ3) is 2.47. The lowest BCUT2D eigenvalue weighted by molar-refractivity contribution is 0.111. The van der Waals surface area contributed by atoms with Crippen LogP contribution in [0.1, 0.15) is 21.9 Å². The predicted octanol–water partition coefficient (Wildman–Crippen LogP) is 1.03. The van der Waals surface area contributed by atoms with Gasteiger partial charge in [-0.1, -0.05) is 0 Å². The number of rotatable bonds is 4. The van der Waals surface area contributed by atoms with E-state index in [4.69, 9.17) is 0 Å². The molecule has 0 aliphatic heterocycles. The van der Waals surface area contributed by atoms with Crippen LogP contribution in [0.4, 0.5) is 0 Å². The van der Waals surface area contributed by atoms with Crippen LogP contribution >= 0.6 is 0 Å². The minimum Gasteiger partial charge on any atom is -0.356 e. The first kappa shape index (κ1) is 11.7. The van der Waals surface area contributed by atoms with Crippen molar-refractivity contribution >= 4 is 16.3 Å². The SMILES string of the molecule is CS(=O)(=O)n1cccc1Cc1ccc(C=O)[nH]1. The van der Waals surface area contributed by atoms with Crippen LogP contribution in [-0.2, 0) is 16.4 Å². The maximum absolute atomic E-state index is 11.5. The van der Waals surface area contributed by atoms with Crippen molar-refractivity contribution < 1.29 is 13.2 Å². The number of aldehydes is 1. The first-order chi connectivity index (χ1) is 8.00. The summed E-state index contributed by atoms with van der Waals surface area (Å²) >= 11 is 0. The van der Waals surface area contributed by atoms with Gasteiger partial charge in [0.25, 0.3) is 0 Å². The largest absolute Gasteiger partial charge is 0.356 e. The van der Waals surface area contributed by atoms with Crippen molar-refractivity contribution in [3.05, 3.63) is 47.5 Å². The molecule has 17 heavy (non-hydrogen) atoms. The second-order valence-corrected chi connectivity index (χ2v) is 5.65. The van der Waals surface area contributed by atoms with Crippen LogP contribution < -0.4 is 0 Å². The lowest BCUT2D eigenvalue weighted by Gasteiger charge is -2.05. The monoisotopic (exact) mass is 252 g/mol. The molecule has 2 aromatic heterocycles. The van der Waals surface area contributed by atoms with Crippen molar-refractivity contribution in [3.63, 3.8) is 0 Å². The number of aromatic amines is 1. The fraction of sp³-hybridized carbons (Fsp3) is 0.182. The molecular weight excluding hydrogens is 240 g/mol. The quantitative estimate of drug-likeness (QED) is 0.826. The Hall–Kier alpha value is -1.82. The van der Waals surface area contributed by atoms with E-state index in [9.17, 15) is 13.2 Å². The number of hydrogen-bond acceptors (Lipinski definition) is 3. The highest BCUT2D eigenvalue weighted by Gasteiger charge is 2.11.